The summed E-state index contributed by atoms with van der Waals surface area (Å²) in [6, 6.07) is 7.57. The fraction of sp³-hybridized carbons (Fsp3) is 0.500. The molecule has 0 aliphatic heterocycles. The first kappa shape index (κ1) is 19.5. The van der Waals surface area contributed by atoms with Crippen LogP contribution in [-0.4, -0.2) is 16.0 Å². The number of carbonyl (C=O) groups excluding carboxylic acids is 1. The quantitative estimate of drug-likeness (QED) is 0.576. The van der Waals surface area contributed by atoms with Gasteiger partial charge in [-0.15, -0.1) is 11.3 Å². The second-order valence-corrected chi connectivity index (χ2v) is 10.8. The van der Waals surface area contributed by atoms with Gasteiger partial charge in [-0.3, -0.25) is 4.79 Å². The smallest absolute Gasteiger partial charge is 0.226 e. The Hall–Kier alpha value is -1.50. The minimum atomic E-state index is 0.0407. The first-order valence-electron chi connectivity index (χ1n) is 10.3. The molecule has 29 heavy (non-hydrogen) atoms. The normalized spacial score (nSPS) is 29.6. The Morgan fingerprint density at radius 1 is 1.14 bits per heavy atom. The van der Waals surface area contributed by atoms with E-state index in [-0.39, 0.29) is 11.3 Å². The van der Waals surface area contributed by atoms with Gasteiger partial charge in [0.2, 0.25) is 5.91 Å². The molecule has 1 aromatic heterocycles. The van der Waals surface area contributed by atoms with Crippen molar-refractivity contribution in [3.63, 3.8) is 0 Å². The number of benzene rings is 1. The topological polar surface area (TPSA) is 54.0 Å². The van der Waals surface area contributed by atoms with Crippen LogP contribution in [0.1, 0.15) is 44.9 Å². The average molecular weight is 446 g/mol. The van der Waals surface area contributed by atoms with Gasteiger partial charge >= 0.3 is 0 Å². The van der Waals surface area contributed by atoms with E-state index in [1.54, 1.807) is 0 Å². The summed E-state index contributed by atoms with van der Waals surface area (Å²) in [5, 5.41) is 9.62. The third-order valence-corrected chi connectivity index (χ3v) is 8.03. The number of thiazole rings is 1. The first-order valence-corrected chi connectivity index (χ1v) is 12.0. The highest BCUT2D eigenvalue weighted by atomic mass is 35.5. The molecule has 0 spiro atoms. The molecule has 1 amide bonds. The number of hydrogen-bond acceptors (Lipinski definition) is 4. The summed E-state index contributed by atoms with van der Waals surface area (Å²) in [5.41, 5.74) is 2.07. The summed E-state index contributed by atoms with van der Waals surface area (Å²) >= 11 is 12.8. The molecule has 4 bridgehead atoms. The Kier molecular flexibility index (Phi) is 5.13. The van der Waals surface area contributed by atoms with Crippen molar-refractivity contribution in [3.8, 4) is 11.3 Å². The van der Waals surface area contributed by atoms with Gasteiger partial charge in [0.15, 0.2) is 10.2 Å². The highest BCUT2D eigenvalue weighted by molar-refractivity contribution is 7.80. The van der Waals surface area contributed by atoms with Gasteiger partial charge in [0.05, 0.1) is 5.69 Å². The fourth-order valence-electron chi connectivity index (χ4n) is 6.23. The predicted molar refractivity (Wildman–Crippen MR) is 122 cm³/mol. The summed E-state index contributed by atoms with van der Waals surface area (Å²) in [6.07, 6.45) is 8.45. The summed E-state index contributed by atoms with van der Waals surface area (Å²) in [4.78, 5) is 17.3. The van der Waals surface area contributed by atoms with E-state index in [9.17, 15) is 4.79 Å². The SMILES string of the molecule is O=C(CC12CC3CC(CC(C3)C1)C2)NC(=S)Nc1nc(-c2ccc(Cl)cc2)cs1. The number of nitrogens with zero attached hydrogens (tertiary/aromatic N) is 1. The highest BCUT2D eigenvalue weighted by Gasteiger charge is 2.51. The van der Waals surface area contributed by atoms with Gasteiger partial charge in [-0.05, 0) is 86.0 Å². The van der Waals surface area contributed by atoms with E-state index >= 15 is 0 Å². The summed E-state index contributed by atoms with van der Waals surface area (Å²) < 4.78 is 0. The molecule has 4 aliphatic rings. The number of rotatable bonds is 4. The van der Waals surface area contributed by atoms with Gasteiger partial charge in [-0.2, -0.15) is 0 Å². The maximum absolute atomic E-state index is 12.7. The van der Waals surface area contributed by atoms with E-state index in [0.717, 1.165) is 29.0 Å². The van der Waals surface area contributed by atoms with Crippen LogP contribution in [0.15, 0.2) is 29.6 Å². The number of amides is 1. The molecule has 1 heterocycles. The molecule has 2 N–H and O–H groups in total. The van der Waals surface area contributed by atoms with E-state index in [1.807, 2.05) is 29.6 Å². The fourth-order valence-corrected chi connectivity index (χ4v) is 7.36. The molecule has 152 valence electrons. The van der Waals surface area contributed by atoms with E-state index < -0.39 is 0 Å². The summed E-state index contributed by atoms with van der Waals surface area (Å²) in [5.74, 6) is 2.58. The predicted octanol–water partition coefficient (Wildman–Crippen LogP) is 5.88. The lowest BCUT2D eigenvalue weighted by Crippen LogP contribution is -2.48. The van der Waals surface area contributed by atoms with Gasteiger partial charge in [0.1, 0.15) is 0 Å². The van der Waals surface area contributed by atoms with Crippen LogP contribution in [0.25, 0.3) is 11.3 Å². The number of carbonyl (C=O) groups is 1. The second-order valence-electron chi connectivity index (χ2n) is 9.14. The van der Waals surface area contributed by atoms with Gasteiger partial charge in [0.25, 0.3) is 0 Å². The standard InChI is InChI=1S/C22H24ClN3OS2/c23-17-3-1-16(2-4-17)18-12-29-21(24-18)26-20(28)25-19(27)11-22-8-13-5-14(9-22)7-15(6-13)10-22/h1-4,12-15H,5-11H2,(H2,24,25,26,27,28). The van der Waals surface area contributed by atoms with E-state index in [4.69, 9.17) is 23.8 Å². The molecular weight excluding hydrogens is 422 g/mol. The Morgan fingerprint density at radius 2 is 1.76 bits per heavy atom. The second kappa shape index (κ2) is 7.64. The number of thiocarbonyl (C=S) groups is 1. The van der Waals surface area contributed by atoms with Crippen LogP contribution >= 0.6 is 35.2 Å². The minimum Gasteiger partial charge on any atom is -0.308 e. The zero-order valence-electron chi connectivity index (χ0n) is 16.1. The molecule has 7 heteroatoms. The third kappa shape index (κ3) is 4.21. The molecule has 4 saturated carbocycles. The number of aromatic nitrogens is 1. The van der Waals surface area contributed by atoms with Crippen molar-refractivity contribution >= 4 is 51.3 Å². The molecule has 0 saturated heterocycles. The monoisotopic (exact) mass is 445 g/mol. The molecule has 6 rings (SSSR count). The molecular formula is C22H24ClN3OS2. The van der Waals surface area contributed by atoms with Gasteiger partial charge in [0, 0.05) is 22.4 Å². The molecule has 2 aromatic rings. The van der Waals surface area contributed by atoms with E-state index in [0.29, 0.717) is 21.7 Å². The van der Waals surface area contributed by atoms with Crippen LogP contribution in [0.4, 0.5) is 5.13 Å². The van der Waals surface area contributed by atoms with Crippen LogP contribution in [0.3, 0.4) is 0 Å². The van der Waals surface area contributed by atoms with Gasteiger partial charge in [-0.25, -0.2) is 4.98 Å². The summed E-state index contributed by atoms with van der Waals surface area (Å²) in [7, 11) is 0. The Bertz CT molecular complexity index is 905. The van der Waals surface area contributed by atoms with Gasteiger partial charge in [-0.1, -0.05) is 23.7 Å². The number of anilines is 1. The number of nitrogens with one attached hydrogen (secondary N) is 2. The maximum atomic E-state index is 12.7. The molecule has 4 nitrogen and oxygen atoms in total. The zero-order valence-corrected chi connectivity index (χ0v) is 18.5. The van der Waals surface area contributed by atoms with Crippen molar-refractivity contribution in [3.05, 3.63) is 34.7 Å². The lowest BCUT2D eigenvalue weighted by Gasteiger charge is -2.56. The molecule has 1 aromatic carbocycles. The molecule has 0 unspecified atom stereocenters. The Morgan fingerprint density at radius 3 is 2.38 bits per heavy atom. The lowest BCUT2D eigenvalue weighted by atomic mass is 9.49. The number of halogens is 1. The summed E-state index contributed by atoms with van der Waals surface area (Å²) in [6.45, 7) is 0. The molecule has 4 fully saturated rings. The van der Waals surface area contributed by atoms with E-state index in [1.165, 1.54) is 49.9 Å². The van der Waals surface area contributed by atoms with Crippen LogP contribution in [-0.2, 0) is 4.79 Å². The lowest BCUT2D eigenvalue weighted by molar-refractivity contribution is -0.127. The van der Waals surface area contributed by atoms with Crippen molar-refractivity contribution in [2.24, 2.45) is 23.2 Å². The van der Waals surface area contributed by atoms with Crippen molar-refractivity contribution in [1.82, 2.24) is 10.3 Å². The van der Waals surface area contributed by atoms with Crippen LogP contribution in [0, 0.1) is 23.2 Å². The zero-order chi connectivity index (χ0) is 20.0. The van der Waals surface area contributed by atoms with Crippen molar-refractivity contribution in [2.45, 2.75) is 44.9 Å². The van der Waals surface area contributed by atoms with Crippen molar-refractivity contribution < 1.29 is 4.79 Å². The molecule has 0 radical (unpaired) electrons. The van der Waals surface area contributed by atoms with Gasteiger partial charge < -0.3 is 10.6 Å². The van der Waals surface area contributed by atoms with Crippen molar-refractivity contribution in [1.29, 1.82) is 0 Å². The average Bonchev–Trinajstić information content (AvgIpc) is 3.08. The van der Waals surface area contributed by atoms with Crippen LogP contribution < -0.4 is 10.6 Å². The Balaban J connectivity index is 1.17. The largest absolute Gasteiger partial charge is 0.308 e. The van der Waals surface area contributed by atoms with Crippen LogP contribution in [0.2, 0.25) is 5.02 Å². The number of hydrogen-bond donors (Lipinski definition) is 2. The maximum Gasteiger partial charge on any atom is 0.226 e. The highest BCUT2D eigenvalue weighted by Crippen LogP contribution is 2.61. The molecule has 4 aliphatic carbocycles. The minimum absolute atomic E-state index is 0.0407. The third-order valence-electron chi connectivity index (χ3n) is 6.82. The van der Waals surface area contributed by atoms with Crippen LogP contribution in [0.5, 0.6) is 0 Å². The van der Waals surface area contributed by atoms with E-state index in [2.05, 4.69) is 15.6 Å². The van der Waals surface area contributed by atoms with Crippen molar-refractivity contribution in [2.75, 3.05) is 5.32 Å². The molecule has 0 atom stereocenters. The first-order chi connectivity index (χ1) is 14.0. The Labute approximate surface area is 185 Å².